The second kappa shape index (κ2) is 16.8. The molecule has 0 aliphatic rings. The summed E-state index contributed by atoms with van der Waals surface area (Å²) >= 11 is 0. The van der Waals surface area contributed by atoms with E-state index in [-0.39, 0.29) is 38.4 Å². The van der Waals surface area contributed by atoms with E-state index >= 15 is 0 Å². The summed E-state index contributed by atoms with van der Waals surface area (Å²) in [5.74, 6) is -1.68. The number of hydrogen-bond donors (Lipinski definition) is 2. The van der Waals surface area contributed by atoms with Crippen LogP contribution in [0.15, 0.2) is 72.8 Å². The Balaban J connectivity index is 0.000000757. The SMILES string of the molecule is C.CC(C)C(CO)c1cccc(OS(F)(F)(F)(F)F)c1.Cc1ccc(C(CO)C(C)C)cc1.Cc1ccc(C(COS(F)(F)(F)(F)F)C(C)C)cc1. The van der Waals surface area contributed by atoms with Crippen LogP contribution < -0.4 is 4.18 Å². The van der Waals surface area contributed by atoms with Crippen molar-refractivity contribution in [2.24, 2.45) is 17.8 Å². The van der Waals surface area contributed by atoms with E-state index < -0.39 is 45.2 Å². The quantitative estimate of drug-likeness (QED) is 0.169. The lowest BCUT2D eigenvalue weighted by molar-refractivity contribution is 0.136. The second-order valence-electron chi connectivity index (χ2n) is 13.5. The lowest BCUT2D eigenvalue weighted by Crippen LogP contribution is -2.19. The van der Waals surface area contributed by atoms with E-state index in [1.165, 1.54) is 23.3 Å². The molecule has 0 aromatic heterocycles. The molecule has 0 spiro atoms. The zero-order chi connectivity index (χ0) is 39.8. The summed E-state index contributed by atoms with van der Waals surface area (Å²) in [6.07, 6.45) is 0. The average molecular weight is 805 g/mol. The van der Waals surface area contributed by atoms with Gasteiger partial charge in [-0.2, -0.15) is 0 Å². The fourth-order valence-corrected chi connectivity index (χ4v) is 5.76. The van der Waals surface area contributed by atoms with Gasteiger partial charge in [-0.25, -0.2) is 4.18 Å². The molecular formula is C36H54F10O4S2. The van der Waals surface area contributed by atoms with Crippen LogP contribution in [-0.2, 0) is 4.18 Å². The summed E-state index contributed by atoms with van der Waals surface area (Å²) < 4.78 is 128. The summed E-state index contributed by atoms with van der Waals surface area (Å²) in [7, 11) is -19.8. The molecule has 0 radical (unpaired) electrons. The first-order chi connectivity index (χ1) is 22.7. The highest BCUT2D eigenvalue weighted by Crippen LogP contribution is 2.98. The van der Waals surface area contributed by atoms with Gasteiger partial charge in [-0.3, -0.25) is 0 Å². The third kappa shape index (κ3) is 20.5. The molecule has 16 heteroatoms. The van der Waals surface area contributed by atoms with Crippen LogP contribution in [0.5, 0.6) is 5.75 Å². The van der Waals surface area contributed by atoms with Crippen molar-refractivity contribution in [2.75, 3.05) is 19.8 Å². The highest BCUT2D eigenvalue weighted by Gasteiger charge is 2.67. The predicted octanol–water partition coefficient (Wildman–Crippen LogP) is 14.3. The van der Waals surface area contributed by atoms with Gasteiger partial charge >= 0.3 is 21.0 Å². The van der Waals surface area contributed by atoms with Crippen LogP contribution in [0, 0.1) is 31.6 Å². The van der Waals surface area contributed by atoms with Gasteiger partial charge in [-0.05, 0) is 60.4 Å². The summed E-state index contributed by atoms with van der Waals surface area (Å²) in [5, 5.41) is 18.4. The molecule has 0 heterocycles. The van der Waals surface area contributed by atoms with Gasteiger partial charge in [0.05, 0.1) is 19.8 Å². The Morgan fingerprint density at radius 2 is 0.885 bits per heavy atom. The molecule has 3 atom stereocenters. The van der Waals surface area contributed by atoms with E-state index in [4.69, 9.17) is 0 Å². The molecule has 0 fully saturated rings. The number of aliphatic hydroxyl groups is 2. The Morgan fingerprint density at radius 3 is 1.21 bits per heavy atom. The van der Waals surface area contributed by atoms with Gasteiger partial charge < -0.3 is 14.4 Å². The number of aliphatic hydroxyl groups excluding tert-OH is 2. The fraction of sp³-hybridized carbons (Fsp3) is 0.500. The molecule has 2 N–H and O–H groups in total. The van der Waals surface area contributed by atoms with E-state index in [0.717, 1.165) is 17.7 Å². The maximum atomic E-state index is 12.2. The predicted molar refractivity (Wildman–Crippen MR) is 195 cm³/mol. The molecule has 3 rings (SSSR count). The topological polar surface area (TPSA) is 58.9 Å². The second-order valence-corrected chi connectivity index (χ2v) is 17.5. The van der Waals surface area contributed by atoms with Gasteiger partial charge in [0.1, 0.15) is 5.75 Å². The molecule has 0 saturated heterocycles. The molecule has 0 amide bonds. The zero-order valence-corrected chi connectivity index (χ0v) is 31.5. The third-order valence-electron chi connectivity index (χ3n) is 7.83. The van der Waals surface area contributed by atoms with E-state index in [1.807, 2.05) is 6.92 Å². The summed E-state index contributed by atoms with van der Waals surface area (Å²) in [4.78, 5) is 0. The van der Waals surface area contributed by atoms with E-state index in [0.29, 0.717) is 17.0 Å². The highest BCUT2D eigenvalue weighted by atomic mass is 32.5. The Labute approximate surface area is 302 Å². The van der Waals surface area contributed by atoms with Crippen molar-refractivity contribution in [3.8, 4) is 5.75 Å². The van der Waals surface area contributed by atoms with Crippen LogP contribution >= 0.6 is 21.0 Å². The lowest BCUT2D eigenvalue weighted by atomic mass is 9.89. The van der Waals surface area contributed by atoms with Gasteiger partial charge in [-0.1, -0.05) is 160 Å². The zero-order valence-electron chi connectivity index (χ0n) is 29.8. The number of hydrogen-bond acceptors (Lipinski definition) is 4. The molecule has 4 nitrogen and oxygen atoms in total. The molecule has 52 heavy (non-hydrogen) atoms. The average Bonchev–Trinajstić information content (AvgIpc) is 2.93. The lowest BCUT2D eigenvalue weighted by Gasteiger charge is -2.40. The van der Waals surface area contributed by atoms with Gasteiger partial charge in [-0.15, -0.1) is 0 Å². The molecular weight excluding hydrogens is 751 g/mol. The Hall–Kier alpha value is -2.66. The monoisotopic (exact) mass is 804 g/mol. The first kappa shape index (κ1) is 49.3. The van der Waals surface area contributed by atoms with Crippen LogP contribution in [-0.4, -0.2) is 30.0 Å². The minimum atomic E-state index is -9.96. The standard InChI is InChI=1S/C12H17F5OS.C12H18O.C11H15F5O2S.CH4/c1-9(2)12(8-18-19(13,14,15,16)17)11-6-4-10(3)5-7-11;1-9(2)12(8-13)11-6-4-10(3)5-7-11;1-8(2)11(7-17)9-4-3-5-10(6-9)18-19(12,13,14,15)16;/h4-7,9,12H,8H2,1-3H3;4-7,9,12-13H,8H2,1-3H3;3-6,8,11,17H,7H2,1-2H3;1H4. The maximum Gasteiger partial charge on any atom is 0.435 e. The first-order valence-corrected chi connectivity index (χ1v) is 19.8. The maximum absolute atomic E-state index is 12.2. The van der Waals surface area contributed by atoms with Crippen LogP contribution in [0.4, 0.5) is 38.9 Å². The number of rotatable bonds is 13. The molecule has 0 aliphatic carbocycles. The molecule has 3 unspecified atom stereocenters. The molecule has 3 aromatic rings. The normalized spacial score (nSPS) is 16.4. The van der Waals surface area contributed by atoms with Gasteiger partial charge in [0, 0.05) is 17.8 Å². The van der Waals surface area contributed by atoms with Crippen molar-refractivity contribution in [3.63, 3.8) is 0 Å². The largest absolute Gasteiger partial charge is 0.435 e. The van der Waals surface area contributed by atoms with Crippen LogP contribution in [0.2, 0.25) is 0 Å². The Morgan fingerprint density at radius 1 is 0.519 bits per heavy atom. The molecule has 0 bridgehead atoms. The Kier molecular flexibility index (Phi) is 15.9. The van der Waals surface area contributed by atoms with E-state index in [1.54, 1.807) is 52.0 Å². The van der Waals surface area contributed by atoms with Crippen molar-refractivity contribution in [1.29, 1.82) is 0 Å². The molecule has 304 valence electrons. The van der Waals surface area contributed by atoms with E-state index in [2.05, 4.69) is 53.4 Å². The highest BCUT2D eigenvalue weighted by molar-refractivity contribution is 8.42. The van der Waals surface area contributed by atoms with Crippen molar-refractivity contribution < 1.29 is 57.4 Å². The van der Waals surface area contributed by atoms with Crippen LogP contribution in [0.1, 0.15) is 94.5 Å². The molecule has 0 saturated carbocycles. The summed E-state index contributed by atoms with van der Waals surface area (Å²) in [5.41, 5.74) is 4.33. The van der Waals surface area contributed by atoms with Crippen LogP contribution in [0.25, 0.3) is 0 Å². The van der Waals surface area contributed by atoms with Gasteiger partial charge in [0.2, 0.25) is 0 Å². The third-order valence-corrected chi connectivity index (χ3v) is 8.92. The van der Waals surface area contributed by atoms with Crippen molar-refractivity contribution in [3.05, 3.63) is 101 Å². The van der Waals surface area contributed by atoms with Gasteiger partial charge in [0.15, 0.2) is 0 Å². The van der Waals surface area contributed by atoms with Crippen molar-refractivity contribution in [1.82, 2.24) is 0 Å². The van der Waals surface area contributed by atoms with Gasteiger partial charge in [0.25, 0.3) is 0 Å². The van der Waals surface area contributed by atoms with Crippen molar-refractivity contribution in [2.45, 2.75) is 80.6 Å². The summed E-state index contributed by atoms with van der Waals surface area (Å²) in [6, 6.07) is 19.4. The molecule has 0 aliphatic heterocycles. The first-order valence-electron chi connectivity index (χ1n) is 16.0. The molecule has 3 aromatic carbocycles. The van der Waals surface area contributed by atoms with Crippen LogP contribution in [0.3, 0.4) is 0 Å². The number of halogens is 10. The minimum absolute atomic E-state index is 0. The smallest absolute Gasteiger partial charge is 0.396 e. The Bertz CT molecular complexity index is 1520. The number of aryl methyl sites for hydroxylation is 2. The fourth-order valence-electron chi connectivity index (χ4n) is 4.88. The minimum Gasteiger partial charge on any atom is -0.396 e. The number of benzene rings is 3. The van der Waals surface area contributed by atoms with Crippen molar-refractivity contribution >= 4 is 21.0 Å². The van der Waals surface area contributed by atoms with E-state index in [9.17, 15) is 49.1 Å². The summed E-state index contributed by atoms with van der Waals surface area (Å²) in [6.45, 7) is 13.9.